The molecule has 0 aliphatic carbocycles. The Morgan fingerprint density at radius 3 is 3.00 bits per heavy atom. The van der Waals surface area contributed by atoms with Crippen LogP contribution in [0.3, 0.4) is 0 Å². The number of nitrogens with zero attached hydrogens (tertiary/aromatic N) is 2. The number of amides is 1. The Hall–Kier alpha value is -2.52. The van der Waals surface area contributed by atoms with Crippen LogP contribution in [0.5, 0.6) is 0 Å². The van der Waals surface area contributed by atoms with E-state index in [-0.39, 0.29) is 18.1 Å². The smallest absolute Gasteiger partial charge is 0.329 e. The van der Waals surface area contributed by atoms with Crippen molar-refractivity contribution in [3.8, 4) is 0 Å². The minimum absolute atomic E-state index is 0.128. The second-order valence-corrected chi connectivity index (χ2v) is 7.75. The van der Waals surface area contributed by atoms with Gasteiger partial charge in [0.15, 0.2) is 0 Å². The highest BCUT2D eigenvalue weighted by molar-refractivity contribution is 7.17. The predicted octanol–water partition coefficient (Wildman–Crippen LogP) is 2.39. The van der Waals surface area contributed by atoms with Crippen molar-refractivity contribution < 1.29 is 14.3 Å². The Bertz CT molecular complexity index is 1010. The van der Waals surface area contributed by atoms with Gasteiger partial charge in [-0.3, -0.25) is 9.59 Å². The average Bonchev–Trinajstić information content (AvgIpc) is 3.39. The van der Waals surface area contributed by atoms with Gasteiger partial charge < -0.3 is 14.6 Å². The fourth-order valence-corrected chi connectivity index (χ4v) is 4.43. The number of hydrogen-bond donors (Lipinski definition) is 1. The summed E-state index contributed by atoms with van der Waals surface area (Å²) >= 11 is 2.67. The quantitative estimate of drug-likeness (QED) is 0.692. The van der Waals surface area contributed by atoms with Crippen molar-refractivity contribution in [2.75, 3.05) is 6.54 Å². The topological polar surface area (TPSA) is 92.4 Å². The molecule has 134 valence electrons. The number of hydrogen-bond acceptors (Lipinski definition) is 7. The summed E-state index contributed by atoms with van der Waals surface area (Å²) in [6, 6.07) is 4.71. The predicted molar refractivity (Wildman–Crippen MR) is 98.4 cm³/mol. The lowest BCUT2D eigenvalue weighted by molar-refractivity contribution is -0.149. The van der Waals surface area contributed by atoms with E-state index in [0.717, 1.165) is 6.42 Å². The molecule has 7 nitrogen and oxygen atoms in total. The van der Waals surface area contributed by atoms with Gasteiger partial charge in [0.1, 0.15) is 23.2 Å². The third kappa shape index (κ3) is 3.15. The summed E-state index contributed by atoms with van der Waals surface area (Å²) in [7, 11) is 0. The molecule has 3 aromatic heterocycles. The second-order valence-electron chi connectivity index (χ2n) is 5.89. The van der Waals surface area contributed by atoms with Gasteiger partial charge in [-0.05, 0) is 35.7 Å². The SMILES string of the molecule is O=C(OCc1nc2ccsc2c(=O)[nH]1)[C@@H]1CCCN1C(=O)c1cccs1. The molecular weight excluding hydrogens is 374 g/mol. The number of fused-ring (bicyclic) bond motifs is 1. The van der Waals surface area contributed by atoms with Crippen LogP contribution in [0.2, 0.25) is 0 Å². The number of esters is 1. The zero-order valence-electron chi connectivity index (χ0n) is 13.6. The van der Waals surface area contributed by atoms with Crippen LogP contribution in [0.25, 0.3) is 10.2 Å². The number of H-pyrrole nitrogens is 1. The van der Waals surface area contributed by atoms with Crippen molar-refractivity contribution in [3.05, 3.63) is 50.0 Å². The Balaban J connectivity index is 1.45. The molecule has 0 unspecified atom stereocenters. The number of thiophene rings is 2. The summed E-state index contributed by atoms with van der Waals surface area (Å²) in [4.78, 5) is 46.0. The molecule has 0 saturated carbocycles. The van der Waals surface area contributed by atoms with Crippen LogP contribution >= 0.6 is 22.7 Å². The second kappa shape index (κ2) is 7.00. The fourth-order valence-electron chi connectivity index (χ4n) is 3.02. The number of ether oxygens (including phenoxy) is 1. The summed E-state index contributed by atoms with van der Waals surface area (Å²) in [5.41, 5.74) is 0.339. The summed E-state index contributed by atoms with van der Waals surface area (Å²) in [5, 5.41) is 3.62. The molecule has 1 amide bonds. The van der Waals surface area contributed by atoms with Gasteiger partial charge in [0.25, 0.3) is 11.5 Å². The summed E-state index contributed by atoms with van der Waals surface area (Å²) in [5.74, 6) is -0.325. The van der Waals surface area contributed by atoms with Crippen LogP contribution in [0.1, 0.15) is 28.3 Å². The third-order valence-corrected chi connectivity index (χ3v) is 5.99. The maximum absolute atomic E-state index is 12.5. The summed E-state index contributed by atoms with van der Waals surface area (Å²) < 4.78 is 5.88. The Kier molecular flexibility index (Phi) is 4.56. The van der Waals surface area contributed by atoms with E-state index in [0.29, 0.717) is 33.9 Å². The highest BCUT2D eigenvalue weighted by Crippen LogP contribution is 2.23. The molecule has 1 atom stereocenters. The molecule has 1 aliphatic rings. The van der Waals surface area contributed by atoms with Gasteiger partial charge in [-0.15, -0.1) is 22.7 Å². The van der Waals surface area contributed by atoms with Crippen molar-refractivity contribution in [3.63, 3.8) is 0 Å². The number of carbonyl (C=O) groups is 2. The molecule has 3 aromatic rings. The molecule has 4 rings (SSSR count). The van der Waals surface area contributed by atoms with Crippen molar-refractivity contribution in [1.82, 2.24) is 14.9 Å². The molecule has 0 spiro atoms. The number of nitrogens with one attached hydrogen (secondary N) is 1. The number of aromatic amines is 1. The van der Waals surface area contributed by atoms with E-state index in [1.165, 1.54) is 22.7 Å². The number of carbonyl (C=O) groups excluding carboxylic acids is 2. The minimum Gasteiger partial charge on any atom is -0.456 e. The van der Waals surface area contributed by atoms with Crippen molar-refractivity contribution in [1.29, 1.82) is 0 Å². The molecule has 0 aromatic carbocycles. The van der Waals surface area contributed by atoms with Crippen LogP contribution < -0.4 is 5.56 Å². The average molecular weight is 389 g/mol. The van der Waals surface area contributed by atoms with E-state index in [1.54, 1.807) is 22.4 Å². The van der Waals surface area contributed by atoms with Crippen LogP contribution in [-0.2, 0) is 16.1 Å². The first kappa shape index (κ1) is 16.9. The zero-order chi connectivity index (χ0) is 18.1. The maximum Gasteiger partial charge on any atom is 0.329 e. The standard InChI is InChI=1S/C17H15N3O4S2/c21-15-14-10(5-8-26-14)18-13(19-15)9-24-17(23)11-3-1-6-20(11)16(22)12-4-2-7-25-12/h2,4-5,7-8,11H,1,3,6,9H2,(H,18,19,21)/t11-/m0/s1. The number of rotatable bonds is 4. The van der Waals surface area contributed by atoms with E-state index < -0.39 is 12.0 Å². The first-order valence-corrected chi connectivity index (χ1v) is 9.87. The Morgan fingerprint density at radius 2 is 2.19 bits per heavy atom. The highest BCUT2D eigenvalue weighted by atomic mass is 32.1. The molecule has 1 fully saturated rings. The normalized spacial score (nSPS) is 16.9. The van der Waals surface area contributed by atoms with Crippen LogP contribution in [0, 0.1) is 0 Å². The van der Waals surface area contributed by atoms with Gasteiger partial charge in [-0.25, -0.2) is 9.78 Å². The van der Waals surface area contributed by atoms with E-state index in [2.05, 4.69) is 9.97 Å². The van der Waals surface area contributed by atoms with Gasteiger partial charge in [0, 0.05) is 6.54 Å². The van der Waals surface area contributed by atoms with Gasteiger partial charge >= 0.3 is 5.97 Å². The van der Waals surface area contributed by atoms with Crippen molar-refractivity contribution >= 4 is 44.8 Å². The van der Waals surface area contributed by atoms with Gasteiger partial charge in [0.2, 0.25) is 0 Å². The Morgan fingerprint density at radius 1 is 1.31 bits per heavy atom. The molecule has 1 N–H and O–H groups in total. The molecule has 1 aliphatic heterocycles. The first-order valence-electron chi connectivity index (χ1n) is 8.11. The van der Waals surface area contributed by atoms with Gasteiger partial charge in [0.05, 0.1) is 10.4 Å². The lowest BCUT2D eigenvalue weighted by Gasteiger charge is -2.22. The third-order valence-electron chi connectivity index (χ3n) is 4.23. The van der Waals surface area contributed by atoms with Gasteiger partial charge in [-0.1, -0.05) is 6.07 Å². The summed E-state index contributed by atoms with van der Waals surface area (Å²) in [6.45, 7) is 0.407. The highest BCUT2D eigenvalue weighted by Gasteiger charge is 2.36. The van der Waals surface area contributed by atoms with E-state index in [4.69, 9.17) is 4.74 Å². The molecule has 9 heteroatoms. The van der Waals surface area contributed by atoms with Crippen molar-refractivity contribution in [2.24, 2.45) is 0 Å². The maximum atomic E-state index is 12.5. The van der Waals surface area contributed by atoms with E-state index in [1.807, 2.05) is 11.4 Å². The summed E-state index contributed by atoms with van der Waals surface area (Å²) in [6.07, 6.45) is 1.33. The molecule has 4 heterocycles. The van der Waals surface area contributed by atoms with Crippen LogP contribution in [-0.4, -0.2) is 39.3 Å². The fraction of sp³-hybridized carbons (Fsp3) is 0.294. The largest absolute Gasteiger partial charge is 0.456 e. The minimum atomic E-state index is -0.596. The lowest BCUT2D eigenvalue weighted by atomic mass is 10.2. The van der Waals surface area contributed by atoms with E-state index in [9.17, 15) is 14.4 Å². The molecule has 0 bridgehead atoms. The van der Waals surface area contributed by atoms with Crippen molar-refractivity contribution in [2.45, 2.75) is 25.5 Å². The molecule has 1 saturated heterocycles. The molecule has 26 heavy (non-hydrogen) atoms. The molecule has 0 radical (unpaired) electrons. The lowest BCUT2D eigenvalue weighted by Crippen LogP contribution is -2.41. The Labute approximate surface area is 156 Å². The molecular formula is C17H15N3O4S2. The monoisotopic (exact) mass is 389 g/mol. The zero-order valence-corrected chi connectivity index (χ0v) is 15.3. The number of aromatic nitrogens is 2. The van der Waals surface area contributed by atoms with Crippen LogP contribution in [0.15, 0.2) is 33.8 Å². The van der Waals surface area contributed by atoms with Gasteiger partial charge in [-0.2, -0.15) is 0 Å². The van der Waals surface area contributed by atoms with Crippen LogP contribution in [0.4, 0.5) is 0 Å². The van der Waals surface area contributed by atoms with E-state index >= 15 is 0 Å². The number of likely N-dealkylation sites (tertiary alicyclic amines) is 1. The first-order chi connectivity index (χ1) is 12.6.